The number of para-hydroxylation sites is 1. The average Bonchev–Trinajstić information content (AvgIpc) is 2.84. The number of hydrogen-bond donors (Lipinski definition) is 1. The summed E-state index contributed by atoms with van der Waals surface area (Å²) >= 11 is 0. The second-order valence-electron chi connectivity index (χ2n) is 7.66. The van der Waals surface area contributed by atoms with Gasteiger partial charge >= 0.3 is 5.97 Å². The number of ether oxygens (including phenoxy) is 2. The molecule has 0 aliphatic carbocycles. The van der Waals surface area contributed by atoms with Crippen LogP contribution in [0.1, 0.15) is 29.6 Å². The molecule has 1 amide bonds. The van der Waals surface area contributed by atoms with Gasteiger partial charge in [-0.15, -0.1) is 0 Å². The highest BCUT2D eigenvalue weighted by atomic mass is 16.5. The number of anilines is 2. The Morgan fingerprint density at radius 3 is 2.28 bits per heavy atom. The van der Waals surface area contributed by atoms with Gasteiger partial charge in [-0.3, -0.25) is 4.79 Å². The van der Waals surface area contributed by atoms with Crippen LogP contribution in [0, 0.1) is 0 Å². The van der Waals surface area contributed by atoms with E-state index in [0.29, 0.717) is 22.7 Å². The lowest BCUT2D eigenvalue weighted by Crippen LogP contribution is -2.29. The van der Waals surface area contributed by atoms with Crippen LogP contribution in [0.25, 0.3) is 0 Å². The Balaban J connectivity index is 1.27. The van der Waals surface area contributed by atoms with Crippen LogP contribution in [0.15, 0.2) is 78.9 Å². The largest absolute Gasteiger partial charge is 0.457 e. The van der Waals surface area contributed by atoms with Gasteiger partial charge in [0.25, 0.3) is 5.91 Å². The summed E-state index contributed by atoms with van der Waals surface area (Å²) in [6.45, 7) is 1.77. The number of amides is 1. The summed E-state index contributed by atoms with van der Waals surface area (Å²) in [5, 5.41) is 2.76. The number of benzene rings is 3. The minimum atomic E-state index is -0.584. The van der Waals surface area contributed by atoms with Gasteiger partial charge in [-0.1, -0.05) is 24.3 Å². The number of hydrogen-bond acceptors (Lipinski definition) is 5. The first-order valence-electron chi connectivity index (χ1n) is 10.8. The van der Waals surface area contributed by atoms with Crippen molar-refractivity contribution in [3.63, 3.8) is 0 Å². The molecular weight excluding hydrogens is 404 g/mol. The van der Waals surface area contributed by atoms with Crippen LogP contribution in [-0.2, 0) is 9.53 Å². The van der Waals surface area contributed by atoms with E-state index >= 15 is 0 Å². The molecule has 1 fully saturated rings. The van der Waals surface area contributed by atoms with E-state index in [9.17, 15) is 9.59 Å². The zero-order chi connectivity index (χ0) is 22.2. The Morgan fingerprint density at radius 2 is 1.53 bits per heavy atom. The second kappa shape index (κ2) is 10.5. The number of nitrogens with zero attached hydrogens (tertiary/aromatic N) is 1. The molecule has 3 aromatic carbocycles. The highest BCUT2D eigenvalue weighted by Crippen LogP contribution is 2.23. The summed E-state index contributed by atoms with van der Waals surface area (Å²) in [6.07, 6.45) is 3.71. The molecule has 0 aromatic heterocycles. The molecule has 0 spiro atoms. The molecule has 1 N–H and O–H groups in total. The molecule has 6 heteroatoms. The fraction of sp³-hybridized carbons (Fsp3) is 0.231. The summed E-state index contributed by atoms with van der Waals surface area (Å²) in [5.41, 5.74) is 2.15. The van der Waals surface area contributed by atoms with E-state index in [0.717, 1.165) is 18.8 Å². The molecule has 0 unspecified atom stereocenters. The fourth-order valence-corrected chi connectivity index (χ4v) is 3.63. The molecule has 1 aliphatic rings. The minimum Gasteiger partial charge on any atom is -0.457 e. The summed E-state index contributed by atoms with van der Waals surface area (Å²) in [4.78, 5) is 26.9. The van der Waals surface area contributed by atoms with E-state index in [4.69, 9.17) is 9.47 Å². The van der Waals surface area contributed by atoms with Gasteiger partial charge in [0.1, 0.15) is 11.5 Å². The highest BCUT2D eigenvalue weighted by molar-refractivity contribution is 5.95. The Labute approximate surface area is 187 Å². The van der Waals surface area contributed by atoms with Gasteiger partial charge in [0.05, 0.1) is 5.56 Å². The van der Waals surface area contributed by atoms with Gasteiger partial charge in [0.2, 0.25) is 0 Å². The maximum Gasteiger partial charge on any atom is 0.338 e. The van der Waals surface area contributed by atoms with Crippen molar-refractivity contribution in [2.24, 2.45) is 0 Å². The highest BCUT2D eigenvalue weighted by Gasteiger charge is 2.13. The summed E-state index contributed by atoms with van der Waals surface area (Å²) < 4.78 is 10.9. The zero-order valence-electron chi connectivity index (χ0n) is 17.8. The first-order chi connectivity index (χ1) is 15.7. The van der Waals surface area contributed by atoms with Crippen molar-refractivity contribution in [3.05, 3.63) is 84.4 Å². The summed E-state index contributed by atoms with van der Waals surface area (Å²) in [6, 6.07) is 23.7. The molecule has 1 heterocycles. The number of rotatable bonds is 7. The van der Waals surface area contributed by atoms with E-state index in [1.807, 2.05) is 54.6 Å². The standard InChI is InChI=1S/C26H26N2O4/c29-25(27-21-12-14-22(15-13-21)28-16-5-2-6-17-28)19-31-26(30)20-8-7-11-24(18-20)32-23-9-3-1-4-10-23/h1,3-4,7-15,18H,2,5-6,16-17,19H2,(H,27,29). The smallest absolute Gasteiger partial charge is 0.338 e. The van der Waals surface area contributed by atoms with Crippen LogP contribution < -0.4 is 15.0 Å². The normalized spacial score (nSPS) is 13.3. The molecule has 0 bridgehead atoms. The third-order valence-electron chi connectivity index (χ3n) is 5.26. The van der Waals surface area contributed by atoms with Gasteiger partial charge < -0.3 is 19.7 Å². The molecule has 1 aliphatic heterocycles. The monoisotopic (exact) mass is 430 g/mol. The predicted octanol–water partition coefficient (Wildman–Crippen LogP) is 5.26. The van der Waals surface area contributed by atoms with Crippen LogP contribution in [0.3, 0.4) is 0 Å². The van der Waals surface area contributed by atoms with Crippen molar-refractivity contribution in [1.82, 2.24) is 0 Å². The zero-order valence-corrected chi connectivity index (χ0v) is 17.8. The summed E-state index contributed by atoms with van der Waals surface area (Å²) in [5.74, 6) is 0.215. The van der Waals surface area contributed by atoms with Crippen LogP contribution in [0.5, 0.6) is 11.5 Å². The van der Waals surface area contributed by atoms with Gasteiger partial charge in [-0.2, -0.15) is 0 Å². The molecule has 3 aromatic rings. The molecule has 164 valence electrons. The number of carbonyl (C=O) groups is 2. The predicted molar refractivity (Wildman–Crippen MR) is 124 cm³/mol. The van der Waals surface area contributed by atoms with E-state index in [2.05, 4.69) is 10.2 Å². The van der Waals surface area contributed by atoms with Crippen molar-refractivity contribution >= 4 is 23.3 Å². The fourth-order valence-electron chi connectivity index (χ4n) is 3.63. The maximum atomic E-state index is 12.4. The molecule has 32 heavy (non-hydrogen) atoms. The lowest BCUT2D eigenvalue weighted by Gasteiger charge is -2.28. The number of piperidine rings is 1. The van der Waals surface area contributed by atoms with Gasteiger partial charge in [-0.25, -0.2) is 4.79 Å². The van der Waals surface area contributed by atoms with E-state index in [1.54, 1.807) is 24.3 Å². The minimum absolute atomic E-state index is 0.317. The van der Waals surface area contributed by atoms with Crippen molar-refractivity contribution < 1.29 is 19.1 Å². The lowest BCUT2D eigenvalue weighted by molar-refractivity contribution is -0.119. The Hall–Kier alpha value is -3.80. The Morgan fingerprint density at radius 1 is 0.812 bits per heavy atom. The second-order valence-corrected chi connectivity index (χ2v) is 7.66. The third kappa shape index (κ3) is 5.88. The molecule has 4 rings (SSSR count). The quantitative estimate of drug-likeness (QED) is 0.518. The van der Waals surface area contributed by atoms with E-state index in [1.165, 1.54) is 19.3 Å². The van der Waals surface area contributed by atoms with E-state index < -0.39 is 5.97 Å². The third-order valence-corrected chi connectivity index (χ3v) is 5.26. The van der Waals surface area contributed by atoms with Crippen molar-refractivity contribution in [1.29, 1.82) is 0 Å². The number of carbonyl (C=O) groups excluding carboxylic acids is 2. The van der Waals surface area contributed by atoms with E-state index in [-0.39, 0.29) is 12.5 Å². The van der Waals surface area contributed by atoms with Crippen LogP contribution in [0.4, 0.5) is 11.4 Å². The van der Waals surface area contributed by atoms with Gasteiger partial charge in [0.15, 0.2) is 6.61 Å². The van der Waals surface area contributed by atoms with Crippen molar-refractivity contribution in [2.45, 2.75) is 19.3 Å². The molecule has 6 nitrogen and oxygen atoms in total. The Bertz CT molecular complexity index is 1040. The number of esters is 1. The van der Waals surface area contributed by atoms with Gasteiger partial charge in [0, 0.05) is 24.5 Å². The molecule has 0 radical (unpaired) electrons. The number of nitrogens with one attached hydrogen (secondary N) is 1. The molecule has 1 saturated heterocycles. The van der Waals surface area contributed by atoms with Crippen molar-refractivity contribution in [3.8, 4) is 11.5 Å². The lowest BCUT2D eigenvalue weighted by atomic mass is 10.1. The van der Waals surface area contributed by atoms with Crippen molar-refractivity contribution in [2.75, 3.05) is 29.9 Å². The average molecular weight is 431 g/mol. The molecule has 0 atom stereocenters. The molecular formula is C26H26N2O4. The maximum absolute atomic E-state index is 12.4. The summed E-state index contributed by atoms with van der Waals surface area (Å²) in [7, 11) is 0. The SMILES string of the molecule is O=C(COC(=O)c1cccc(Oc2ccccc2)c1)Nc1ccc(N2CCCCC2)cc1. The molecule has 0 saturated carbocycles. The van der Waals surface area contributed by atoms with Crippen LogP contribution in [-0.4, -0.2) is 31.6 Å². The first-order valence-corrected chi connectivity index (χ1v) is 10.8. The van der Waals surface area contributed by atoms with Crippen LogP contribution in [0.2, 0.25) is 0 Å². The van der Waals surface area contributed by atoms with Gasteiger partial charge in [-0.05, 0) is 73.9 Å². The topological polar surface area (TPSA) is 67.9 Å². The van der Waals surface area contributed by atoms with Crippen LogP contribution >= 0.6 is 0 Å². The Kier molecular flexibility index (Phi) is 7.02. The first kappa shape index (κ1) is 21.4.